The summed E-state index contributed by atoms with van der Waals surface area (Å²) in [4.78, 5) is 0. The van der Waals surface area contributed by atoms with Gasteiger partial charge in [0.25, 0.3) is 0 Å². The Morgan fingerprint density at radius 1 is 0.652 bits per heavy atom. The van der Waals surface area contributed by atoms with Gasteiger partial charge in [-0.05, 0) is 89.8 Å². The highest BCUT2D eigenvalue weighted by Crippen LogP contribution is 2.55. The maximum absolute atomic E-state index is 9.82. The standard InChI is InChI=1S/C45H32O/c1-45(2)39-18-10-9-13-31(39)32-22-20-29(26-40(32)45)43-35-16-7-5-14-33(35)42(34-15-6-8-17-36(34)43)28-21-24-41-38(25-28)37-23-19-27-11-3-4-12-30(27)44(37)46-41/h3-26,32,40H,1-2H3/i3D,4D,5D,6D,7D,8D,11D,12D,14D,15D,16D,17D,19D,21D,23D,24D,25D. The predicted octanol–water partition coefficient (Wildman–Crippen LogP) is 12.4. The summed E-state index contributed by atoms with van der Waals surface area (Å²) in [7, 11) is 0. The molecule has 2 aliphatic carbocycles. The molecule has 8 aromatic rings. The van der Waals surface area contributed by atoms with Gasteiger partial charge in [-0.25, -0.2) is 0 Å². The highest BCUT2D eigenvalue weighted by Gasteiger charge is 2.45. The van der Waals surface area contributed by atoms with Crippen molar-refractivity contribution < 1.29 is 27.7 Å². The molecule has 0 fully saturated rings. The lowest BCUT2D eigenvalue weighted by molar-refractivity contribution is 0.395. The van der Waals surface area contributed by atoms with E-state index in [0.717, 1.165) is 11.1 Å². The molecule has 1 aromatic heterocycles. The Hall–Kier alpha value is -5.40. The van der Waals surface area contributed by atoms with Crippen molar-refractivity contribution in [3.8, 4) is 11.1 Å². The normalized spacial score (nSPS) is 23.6. The third-order valence-electron chi connectivity index (χ3n) is 9.68. The van der Waals surface area contributed by atoms with Gasteiger partial charge in [-0.15, -0.1) is 0 Å². The fourth-order valence-corrected chi connectivity index (χ4v) is 7.55. The summed E-state index contributed by atoms with van der Waals surface area (Å²) in [5.41, 5.74) is 0.737. The van der Waals surface area contributed by atoms with Crippen molar-refractivity contribution in [1.82, 2.24) is 0 Å². The molecule has 0 saturated carbocycles. The van der Waals surface area contributed by atoms with Crippen molar-refractivity contribution in [2.45, 2.75) is 25.2 Å². The van der Waals surface area contributed by atoms with Gasteiger partial charge >= 0.3 is 0 Å². The van der Waals surface area contributed by atoms with E-state index in [1.165, 1.54) is 0 Å². The average Bonchev–Trinajstić information content (AvgIpc) is 3.77. The minimum absolute atomic E-state index is 0.0631. The number of rotatable bonds is 2. The summed E-state index contributed by atoms with van der Waals surface area (Å²) in [5, 5.41) is -2.05. The smallest absolute Gasteiger partial charge is 0.143 e. The van der Waals surface area contributed by atoms with E-state index in [2.05, 4.69) is 26.0 Å². The van der Waals surface area contributed by atoms with Crippen LogP contribution in [0.15, 0.2) is 150 Å². The van der Waals surface area contributed by atoms with Crippen LogP contribution in [0.2, 0.25) is 0 Å². The van der Waals surface area contributed by atoms with Crippen molar-refractivity contribution in [3.05, 3.63) is 162 Å². The van der Waals surface area contributed by atoms with Crippen LogP contribution in [0.3, 0.4) is 0 Å². The minimum atomic E-state index is -0.726. The monoisotopic (exact) mass is 605 g/mol. The molecule has 2 aliphatic rings. The summed E-state index contributed by atoms with van der Waals surface area (Å²) in [6.07, 6.45) is 5.76. The number of allylic oxidation sites excluding steroid dienone is 4. The van der Waals surface area contributed by atoms with Crippen molar-refractivity contribution in [2.24, 2.45) is 5.92 Å². The average molecular weight is 606 g/mol. The van der Waals surface area contributed by atoms with Crippen LogP contribution in [0.25, 0.3) is 71.0 Å². The Bertz CT molecular complexity index is 3500. The predicted molar refractivity (Wildman–Crippen MR) is 194 cm³/mol. The van der Waals surface area contributed by atoms with Crippen LogP contribution in [0, 0.1) is 5.92 Å². The van der Waals surface area contributed by atoms with Crippen LogP contribution < -0.4 is 0 Å². The molecule has 0 amide bonds. The molecule has 0 N–H and O–H groups in total. The first-order valence-electron chi connectivity index (χ1n) is 23.5. The van der Waals surface area contributed by atoms with Crippen LogP contribution in [-0.2, 0) is 5.41 Å². The molecule has 218 valence electrons. The molecule has 1 heteroatoms. The van der Waals surface area contributed by atoms with Crippen LogP contribution >= 0.6 is 0 Å². The molecule has 0 radical (unpaired) electrons. The molecule has 0 aliphatic heterocycles. The zero-order valence-electron chi connectivity index (χ0n) is 41.6. The van der Waals surface area contributed by atoms with Crippen molar-refractivity contribution in [3.63, 3.8) is 0 Å². The fraction of sp³-hybridized carbons (Fsp3) is 0.111. The van der Waals surface area contributed by atoms with Crippen LogP contribution in [0.5, 0.6) is 0 Å². The Morgan fingerprint density at radius 2 is 1.33 bits per heavy atom. The van der Waals surface area contributed by atoms with Crippen molar-refractivity contribution >= 4 is 59.8 Å². The largest absolute Gasteiger partial charge is 0.455 e. The first-order valence-corrected chi connectivity index (χ1v) is 15.0. The summed E-state index contributed by atoms with van der Waals surface area (Å²) in [5.74, 6) is -0.244. The van der Waals surface area contributed by atoms with Gasteiger partial charge in [-0.3, -0.25) is 0 Å². The van der Waals surface area contributed by atoms with E-state index in [9.17, 15) is 9.60 Å². The van der Waals surface area contributed by atoms with Gasteiger partial charge < -0.3 is 4.42 Å². The highest BCUT2D eigenvalue weighted by molar-refractivity contribution is 6.21. The second kappa shape index (κ2) is 9.31. The van der Waals surface area contributed by atoms with Crippen molar-refractivity contribution in [1.29, 1.82) is 0 Å². The van der Waals surface area contributed by atoms with E-state index in [-0.39, 0.29) is 71.6 Å². The van der Waals surface area contributed by atoms with Gasteiger partial charge in [-0.1, -0.05) is 141 Å². The molecule has 1 nitrogen and oxygen atoms in total. The van der Waals surface area contributed by atoms with Gasteiger partial charge in [0.05, 0.1) is 23.3 Å². The molecular formula is C45H32O. The first-order chi connectivity index (χ1) is 29.7. The number of hydrogen-bond acceptors (Lipinski definition) is 1. The summed E-state index contributed by atoms with van der Waals surface area (Å²) in [6, 6.07) is -2.81. The van der Waals surface area contributed by atoms with E-state index in [1.54, 1.807) is 6.08 Å². The van der Waals surface area contributed by atoms with Gasteiger partial charge in [0.15, 0.2) is 0 Å². The maximum Gasteiger partial charge on any atom is 0.143 e. The lowest BCUT2D eigenvalue weighted by Crippen LogP contribution is -2.25. The number of furan rings is 1. The quantitative estimate of drug-likeness (QED) is 0.179. The molecule has 46 heavy (non-hydrogen) atoms. The zero-order valence-corrected chi connectivity index (χ0v) is 24.6. The highest BCUT2D eigenvalue weighted by atomic mass is 16.3. The number of fused-ring (bicyclic) bond motifs is 10. The first kappa shape index (κ1) is 14.4. The zero-order chi connectivity index (χ0) is 45.4. The van der Waals surface area contributed by atoms with E-state index < -0.39 is 119 Å². The molecule has 1 heterocycles. The van der Waals surface area contributed by atoms with Gasteiger partial charge in [0, 0.05) is 22.1 Å². The van der Waals surface area contributed by atoms with Crippen LogP contribution in [0.1, 0.15) is 59.8 Å². The fourth-order valence-electron chi connectivity index (χ4n) is 7.55. The molecule has 0 bridgehead atoms. The second-order valence-electron chi connectivity index (χ2n) is 12.4. The van der Waals surface area contributed by atoms with E-state index in [1.807, 2.05) is 24.3 Å². The van der Waals surface area contributed by atoms with Crippen LogP contribution in [0.4, 0.5) is 0 Å². The SMILES string of the molecule is [2H]c1c(-c2c3c([2H])c([2H])c([2H])c([2H])c3c(C3=CC4C(C=C3)c3ccccc3C4(C)C)c3c([2H])c([2H])c([2H])c([2H])c23)c([2H])c2c(oc3c4c([2H])c([2H])c([2H])c([2H])c4c([2H])c([2H])c32)c1[2H]. The molecule has 0 saturated heterocycles. The number of hydrogen-bond donors (Lipinski definition) is 0. The molecule has 10 rings (SSSR count). The topological polar surface area (TPSA) is 13.1 Å². The maximum atomic E-state index is 9.82. The van der Waals surface area contributed by atoms with Crippen LogP contribution in [-0.4, -0.2) is 0 Å². The molecule has 2 atom stereocenters. The Morgan fingerprint density at radius 3 is 2.09 bits per heavy atom. The third kappa shape index (κ3) is 3.46. The molecule has 7 aromatic carbocycles. The third-order valence-corrected chi connectivity index (χ3v) is 9.68. The Kier molecular flexibility index (Phi) is 2.91. The van der Waals surface area contributed by atoms with Gasteiger partial charge in [-0.2, -0.15) is 0 Å². The minimum Gasteiger partial charge on any atom is -0.455 e. The Labute approximate surface area is 292 Å². The van der Waals surface area contributed by atoms with Gasteiger partial charge in [0.2, 0.25) is 0 Å². The van der Waals surface area contributed by atoms with E-state index >= 15 is 0 Å². The van der Waals surface area contributed by atoms with Crippen molar-refractivity contribution in [2.75, 3.05) is 0 Å². The lowest BCUT2D eigenvalue weighted by Gasteiger charge is -2.31. The number of benzene rings is 7. The van der Waals surface area contributed by atoms with E-state index in [0.29, 0.717) is 5.57 Å². The van der Waals surface area contributed by atoms with E-state index in [4.69, 9.17) is 18.1 Å². The summed E-state index contributed by atoms with van der Waals surface area (Å²) < 4.78 is 160. The molecular weight excluding hydrogens is 556 g/mol. The summed E-state index contributed by atoms with van der Waals surface area (Å²) >= 11 is 0. The molecule has 0 spiro atoms. The molecule has 2 unspecified atom stereocenters. The Balaban J connectivity index is 1.43. The van der Waals surface area contributed by atoms with Gasteiger partial charge in [0.1, 0.15) is 11.2 Å². The second-order valence-corrected chi connectivity index (χ2v) is 12.4. The lowest BCUT2D eigenvalue weighted by atomic mass is 9.72. The summed E-state index contributed by atoms with van der Waals surface area (Å²) in [6.45, 7) is 4.20.